The Balaban J connectivity index is 0. The van der Waals surface area contributed by atoms with Gasteiger partial charge in [-0.1, -0.05) is 13.8 Å². The highest BCUT2D eigenvalue weighted by molar-refractivity contribution is 5.85. The SMILES string of the molecule is COC(=O)[C@@](C)(N)C(C)C.Cl. The van der Waals surface area contributed by atoms with Crippen molar-refractivity contribution < 1.29 is 9.53 Å². The van der Waals surface area contributed by atoms with E-state index in [9.17, 15) is 4.79 Å². The molecule has 0 bridgehead atoms. The lowest BCUT2D eigenvalue weighted by Crippen LogP contribution is -2.50. The van der Waals surface area contributed by atoms with Crippen molar-refractivity contribution in [2.24, 2.45) is 11.7 Å². The molecule has 0 aromatic carbocycles. The molecule has 4 heteroatoms. The first-order chi connectivity index (χ1) is 4.42. The number of carbonyl (C=O) groups excluding carboxylic acids is 1. The molecule has 68 valence electrons. The molecule has 0 aliphatic carbocycles. The van der Waals surface area contributed by atoms with Crippen molar-refractivity contribution in [2.45, 2.75) is 26.3 Å². The average Bonchev–Trinajstić information content (AvgIpc) is 1.86. The minimum atomic E-state index is -0.852. The molecule has 0 aliphatic rings. The van der Waals surface area contributed by atoms with Crippen LogP contribution in [-0.4, -0.2) is 18.6 Å². The molecular formula is C7H16ClNO2. The molecule has 0 heterocycles. The van der Waals surface area contributed by atoms with Gasteiger partial charge >= 0.3 is 5.97 Å². The summed E-state index contributed by atoms with van der Waals surface area (Å²) in [5.41, 5.74) is 4.79. The summed E-state index contributed by atoms with van der Waals surface area (Å²) in [4.78, 5) is 10.9. The molecule has 0 fully saturated rings. The standard InChI is InChI=1S/C7H15NO2.ClH/c1-5(2)7(3,8)6(9)10-4;/h5H,8H2,1-4H3;1H/t7-;/m0./s1. The third-order valence-electron chi connectivity index (χ3n) is 1.82. The highest BCUT2D eigenvalue weighted by atomic mass is 35.5. The number of halogens is 1. The Labute approximate surface area is 73.7 Å². The van der Waals surface area contributed by atoms with Crippen molar-refractivity contribution in [3.05, 3.63) is 0 Å². The van der Waals surface area contributed by atoms with E-state index in [4.69, 9.17) is 5.73 Å². The van der Waals surface area contributed by atoms with E-state index in [1.165, 1.54) is 7.11 Å². The van der Waals surface area contributed by atoms with E-state index in [-0.39, 0.29) is 24.3 Å². The van der Waals surface area contributed by atoms with Gasteiger partial charge in [-0.15, -0.1) is 12.4 Å². The van der Waals surface area contributed by atoms with Crippen LogP contribution in [0.2, 0.25) is 0 Å². The molecule has 0 aliphatic heterocycles. The second-order valence-electron chi connectivity index (χ2n) is 2.93. The fourth-order valence-corrected chi connectivity index (χ4v) is 0.456. The number of hydrogen-bond donors (Lipinski definition) is 1. The van der Waals surface area contributed by atoms with Crippen molar-refractivity contribution in [3.8, 4) is 0 Å². The lowest BCUT2D eigenvalue weighted by Gasteiger charge is -2.25. The number of ether oxygens (including phenoxy) is 1. The van der Waals surface area contributed by atoms with Gasteiger partial charge in [0.1, 0.15) is 5.54 Å². The van der Waals surface area contributed by atoms with Gasteiger partial charge in [0.2, 0.25) is 0 Å². The van der Waals surface area contributed by atoms with Crippen LogP contribution in [0.15, 0.2) is 0 Å². The maximum atomic E-state index is 10.9. The summed E-state index contributed by atoms with van der Waals surface area (Å²) < 4.78 is 4.51. The van der Waals surface area contributed by atoms with Crippen molar-refractivity contribution in [2.75, 3.05) is 7.11 Å². The van der Waals surface area contributed by atoms with Gasteiger partial charge in [0.05, 0.1) is 7.11 Å². The molecule has 1 atom stereocenters. The summed E-state index contributed by atoms with van der Waals surface area (Å²) in [5, 5.41) is 0. The molecule has 2 N–H and O–H groups in total. The predicted octanol–water partition coefficient (Wildman–Crippen LogP) is 0.955. The van der Waals surface area contributed by atoms with Crippen molar-refractivity contribution in [1.82, 2.24) is 0 Å². The largest absolute Gasteiger partial charge is 0.468 e. The second kappa shape index (κ2) is 4.57. The quantitative estimate of drug-likeness (QED) is 0.646. The molecule has 0 rings (SSSR count). The monoisotopic (exact) mass is 181 g/mol. The van der Waals surface area contributed by atoms with Crippen LogP contribution in [0.3, 0.4) is 0 Å². The molecule has 0 unspecified atom stereocenters. The number of methoxy groups -OCH3 is 1. The predicted molar refractivity (Wildman–Crippen MR) is 46.7 cm³/mol. The van der Waals surface area contributed by atoms with Crippen LogP contribution in [0.25, 0.3) is 0 Å². The van der Waals surface area contributed by atoms with E-state index in [0.29, 0.717) is 0 Å². The summed E-state index contributed by atoms with van der Waals surface area (Å²) in [6.07, 6.45) is 0. The summed E-state index contributed by atoms with van der Waals surface area (Å²) in [7, 11) is 1.34. The van der Waals surface area contributed by atoms with Gasteiger partial charge in [-0.2, -0.15) is 0 Å². The number of hydrogen-bond acceptors (Lipinski definition) is 3. The van der Waals surface area contributed by atoms with E-state index in [1.807, 2.05) is 13.8 Å². The summed E-state index contributed by atoms with van der Waals surface area (Å²) in [5.74, 6) is -0.262. The van der Waals surface area contributed by atoms with Crippen LogP contribution in [0, 0.1) is 5.92 Å². The van der Waals surface area contributed by atoms with Crippen LogP contribution in [0.5, 0.6) is 0 Å². The van der Waals surface area contributed by atoms with E-state index < -0.39 is 5.54 Å². The summed E-state index contributed by atoms with van der Waals surface area (Å²) in [6.45, 7) is 5.44. The number of esters is 1. The zero-order chi connectivity index (χ0) is 8.36. The third-order valence-corrected chi connectivity index (χ3v) is 1.82. The topological polar surface area (TPSA) is 52.3 Å². The minimum absolute atomic E-state index is 0. The molecule has 11 heavy (non-hydrogen) atoms. The molecule has 0 saturated carbocycles. The maximum absolute atomic E-state index is 10.9. The van der Waals surface area contributed by atoms with Gasteiger partial charge in [-0.3, -0.25) is 4.79 Å². The van der Waals surface area contributed by atoms with E-state index in [1.54, 1.807) is 6.92 Å². The van der Waals surface area contributed by atoms with Crippen molar-refractivity contribution >= 4 is 18.4 Å². The Morgan fingerprint density at radius 3 is 2.00 bits per heavy atom. The highest BCUT2D eigenvalue weighted by Crippen LogP contribution is 2.13. The molecule has 3 nitrogen and oxygen atoms in total. The first-order valence-electron chi connectivity index (χ1n) is 3.30. The van der Waals surface area contributed by atoms with Gasteiger partial charge in [0, 0.05) is 0 Å². The normalized spacial score (nSPS) is 15.1. The Morgan fingerprint density at radius 2 is 1.91 bits per heavy atom. The Bertz CT molecular complexity index is 134. The first kappa shape index (κ1) is 13.3. The molecular weight excluding hydrogens is 166 g/mol. The fourth-order valence-electron chi connectivity index (χ4n) is 0.456. The van der Waals surface area contributed by atoms with E-state index in [2.05, 4.69) is 4.74 Å². The number of carbonyl (C=O) groups is 1. The number of rotatable bonds is 2. The minimum Gasteiger partial charge on any atom is -0.468 e. The average molecular weight is 182 g/mol. The van der Waals surface area contributed by atoms with Gasteiger partial charge < -0.3 is 10.5 Å². The second-order valence-corrected chi connectivity index (χ2v) is 2.93. The van der Waals surface area contributed by atoms with Crippen LogP contribution < -0.4 is 5.73 Å². The summed E-state index contributed by atoms with van der Waals surface area (Å²) >= 11 is 0. The van der Waals surface area contributed by atoms with Crippen LogP contribution >= 0.6 is 12.4 Å². The molecule has 0 spiro atoms. The number of nitrogens with two attached hydrogens (primary N) is 1. The molecule has 0 radical (unpaired) electrons. The zero-order valence-corrected chi connectivity index (χ0v) is 8.20. The first-order valence-corrected chi connectivity index (χ1v) is 3.30. The third kappa shape index (κ3) is 3.08. The van der Waals surface area contributed by atoms with Gasteiger partial charge in [0.25, 0.3) is 0 Å². The fraction of sp³-hybridized carbons (Fsp3) is 0.857. The van der Waals surface area contributed by atoms with E-state index in [0.717, 1.165) is 0 Å². The van der Waals surface area contributed by atoms with Crippen LogP contribution in [0.4, 0.5) is 0 Å². The van der Waals surface area contributed by atoms with Crippen molar-refractivity contribution in [1.29, 1.82) is 0 Å². The molecule has 0 aromatic rings. The van der Waals surface area contributed by atoms with Gasteiger partial charge in [-0.25, -0.2) is 0 Å². The summed E-state index contributed by atoms with van der Waals surface area (Å²) in [6, 6.07) is 0. The lowest BCUT2D eigenvalue weighted by atomic mass is 9.90. The Morgan fingerprint density at radius 1 is 1.55 bits per heavy atom. The highest BCUT2D eigenvalue weighted by Gasteiger charge is 2.32. The van der Waals surface area contributed by atoms with Gasteiger partial charge in [0.15, 0.2) is 0 Å². The van der Waals surface area contributed by atoms with Crippen molar-refractivity contribution in [3.63, 3.8) is 0 Å². The van der Waals surface area contributed by atoms with E-state index >= 15 is 0 Å². The molecule has 0 amide bonds. The zero-order valence-electron chi connectivity index (χ0n) is 7.38. The van der Waals surface area contributed by atoms with Gasteiger partial charge in [-0.05, 0) is 12.8 Å². The molecule has 0 aromatic heterocycles. The smallest absolute Gasteiger partial charge is 0.325 e. The lowest BCUT2D eigenvalue weighted by molar-refractivity contribution is -0.148. The molecule has 0 saturated heterocycles. The van der Waals surface area contributed by atoms with Crippen LogP contribution in [0.1, 0.15) is 20.8 Å². The Kier molecular flexibility index (Phi) is 5.53. The Hall–Kier alpha value is -0.280. The van der Waals surface area contributed by atoms with Crippen LogP contribution in [-0.2, 0) is 9.53 Å². The maximum Gasteiger partial charge on any atom is 0.325 e.